The molecule has 0 bridgehead atoms. The number of hydrogen-bond acceptors (Lipinski definition) is 2. The maximum Gasteiger partial charge on any atom is 0.128 e. The summed E-state index contributed by atoms with van der Waals surface area (Å²) in [5.41, 5.74) is 3.50. The quantitative estimate of drug-likeness (QED) is 0.340. The number of aryl methyl sites for hydroxylation is 2. The third-order valence-electron chi connectivity index (χ3n) is 5.40. The number of unbranched alkanes of at least 4 members (excludes halogenated alkanes) is 2. The van der Waals surface area contributed by atoms with E-state index in [1.807, 2.05) is 48.8 Å². The van der Waals surface area contributed by atoms with Crippen molar-refractivity contribution in [1.82, 2.24) is 9.97 Å². The molecule has 1 heterocycles. The third kappa shape index (κ3) is 6.77. The average Bonchev–Trinajstić information content (AvgIpc) is 2.78. The van der Waals surface area contributed by atoms with Crippen molar-refractivity contribution in [2.75, 3.05) is 0 Å². The Morgan fingerprint density at radius 2 is 1.38 bits per heavy atom. The van der Waals surface area contributed by atoms with E-state index >= 15 is 0 Å². The summed E-state index contributed by atoms with van der Waals surface area (Å²) in [5.74, 6) is 0.803. The minimum absolute atomic E-state index is 0.0641. The fourth-order valence-corrected chi connectivity index (χ4v) is 3.71. The Labute approximate surface area is 174 Å². The smallest absolute Gasteiger partial charge is 0.128 e. The molecular formula is C26H31FN2. The highest BCUT2D eigenvalue weighted by Gasteiger charge is 2.19. The summed E-state index contributed by atoms with van der Waals surface area (Å²) >= 11 is 0. The van der Waals surface area contributed by atoms with Gasteiger partial charge in [-0.25, -0.2) is 14.4 Å². The van der Waals surface area contributed by atoms with Crippen molar-refractivity contribution in [1.29, 1.82) is 0 Å². The fraction of sp³-hybridized carbons (Fsp3) is 0.385. The first kappa shape index (κ1) is 21.2. The molecule has 0 spiro atoms. The van der Waals surface area contributed by atoms with Crippen LogP contribution in [0.3, 0.4) is 0 Å². The molecular weight excluding hydrogens is 359 g/mol. The van der Waals surface area contributed by atoms with Crippen LogP contribution in [0.1, 0.15) is 67.5 Å². The van der Waals surface area contributed by atoms with Gasteiger partial charge in [0.2, 0.25) is 0 Å². The lowest BCUT2D eigenvalue weighted by molar-refractivity contribution is 0.285. The van der Waals surface area contributed by atoms with E-state index in [0.717, 1.165) is 23.4 Å². The number of nitrogens with zero attached hydrogens (tertiary/aromatic N) is 2. The maximum atomic E-state index is 14.9. The number of alkyl halides is 1. The van der Waals surface area contributed by atoms with E-state index in [1.165, 1.54) is 24.8 Å². The molecule has 1 atom stereocenters. The summed E-state index contributed by atoms with van der Waals surface area (Å²) in [7, 11) is 0. The molecule has 0 aliphatic carbocycles. The van der Waals surface area contributed by atoms with Crippen molar-refractivity contribution in [3.63, 3.8) is 0 Å². The van der Waals surface area contributed by atoms with Crippen LogP contribution >= 0.6 is 0 Å². The molecule has 1 unspecified atom stereocenters. The van der Waals surface area contributed by atoms with Crippen LogP contribution in [0, 0.1) is 0 Å². The van der Waals surface area contributed by atoms with Gasteiger partial charge < -0.3 is 0 Å². The second-order valence-corrected chi connectivity index (χ2v) is 7.71. The van der Waals surface area contributed by atoms with Crippen LogP contribution in [0.5, 0.6) is 0 Å². The van der Waals surface area contributed by atoms with Crippen LogP contribution in [0.25, 0.3) is 0 Å². The Morgan fingerprint density at radius 1 is 0.793 bits per heavy atom. The van der Waals surface area contributed by atoms with Crippen LogP contribution in [0.4, 0.5) is 4.39 Å². The van der Waals surface area contributed by atoms with E-state index in [1.54, 1.807) is 0 Å². The molecule has 0 saturated heterocycles. The Balaban J connectivity index is 1.57. The van der Waals surface area contributed by atoms with Crippen molar-refractivity contribution < 1.29 is 4.39 Å². The van der Waals surface area contributed by atoms with E-state index in [4.69, 9.17) is 0 Å². The second kappa shape index (κ2) is 11.5. The molecule has 0 aliphatic rings. The summed E-state index contributed by atoms with van der Waals surface area (Å²) < 4.78 is 14.9. The van der Waals surface area contributed by atoms with Gasteiger partial charge in [0.05, 0.1) is 0 Å². The van der Waals surface area contributed by atoms with Crippen molar-refractivity contribution in [3.8, 4) is 0 Å². The molecule has 0 saturated carbocycles. The second-order valence-electron chi connectivity index (χ2n) is 7.71. The first-order valence-corrected chi connectivity index (χ1v) is 10.8. The lowest BCUT2D eigenvalue weighted by atomic mass is 9.86. The summed E-state index contributed by atoms with van der Waals surface area (Å²) in [6.45, 7) is 2.20. The Morgan fingerprint density at radius 3 is 1.93 bits per heavy atom. The zero-order chi connectivity index (χ0) is 20.3. The van der Waals surface area contributed by atoms with Gasteiger partial charge in [0, 0.05) is 24.7 Å². The molecule has 3 aromatic rings. The molecule has 0 fully saturated rings. The van der Waals surface area contributed by atoms with Gasteiger partial charge in [0.15, 0.2) is 0 Å². The van der Waals surface area contributed by atoms with Crippen molar-refractivity contribution in [2.45, 2.75) is 64.0 Å². The molecule has 2 nitrogen and oxygen atoms in total. The summed E-state index contributed by atoms with van der Waals surface area (Å²) in [6, 6.07) is 20.4. The fourth-order valence-electron chi connectivity index (χ4n) is 3.71. The predicted octanol–water partition coefficient (Wildman–Crippen LogP) is 6.70. The molecule has 152 valence electrons. The van der Waals surface area contributed by atoms with Crippen LogP contribution in [0.2, 0.25) is 0 Å². The van der Waals surface area contributed by atoms with Gasteiger partial charge in [-0.3, -0.25) is 0 Å². The minimum atomic E-state index is -0.895. The number of aromatic nitrogens is 2. The Bertz CT molecular complexity index is 779. The molecule has 0 radical (unpaired) electrons. The van der Waals surface area contributed by atoms with Gasteiger partial charge in [0.1, 0.15) is 12.0 Å². The minimum Gasteiger partial charge on any atom is -0.247 e. The van der Waals surface area contributed by atoms with Crippen molar-refractivity contribution >= 4 is 0 Å². The van der Waals surface area contributed by atoms with Gasteiger partial charge in [-0.1, -0.05) is 80.4 Å². The molecule has 2 aromatic carbocycles. The monoisotopic (exact) mass is 390 g/mol. The SMILES string of the molecule is CCCCCc1cnc(CCC(F)CC(c2ccccc2)c2ccccc2)nc1. The Hall–Kier alpha value is -2.55. The summed E-state index contributed by atoms with van der Waals surface area (Å²) in [5, 5.41) is 0. The van der Waals surface area contributed by atoms with Gasteiger partial charge in [-0.2, -0.15) is 0 Å². The van der Waals surface area contributed by atoms with E-state index in [2.05, 4.69) is 41.2 Å². The Kier molecular flexibility index (Phi) is 8.36. The van der Waals surface area contributed by atoms with Crippen LogP contribution in [-0.4, -0.2) is 16.1 Å². The largest absolute Gasteiger partial charge is 0.247 e. The van der Waals surface area contributed by atoms with E-state index in [-0.39, 0.29) is 5.92 Å². The van der Waals surface area contributed by atoms with E-state index < -0.39 is 6.17 Å². The van der Waals surface area contributed by atoms with E-state index in [9.17, 15) is 4.39 Å². The van der Waals surface area contributed by atoms with E-state index in [0.29, 0.717) is 19.3 Å². The van der Waals surface area contributed by atoms with Crippen molar-refractivity contribution in [3.05, 3.63) is 95.6 Å². The number of rotatable bonds is 11. The first-order chi connectivity index (χ1) is 14.3. The molecule has 3 rings (SSSR count). The van der Waals surface area contributed by atoms with Crippen molar-refractivity contribution in [2.24, 2.45) is 0 Å². The average molecular weight is 391 g/mol. The predicted molar refractivity (Wildman–Crippen MR) is 118 cm³/mol. The summed E-state index contributed by atoms with van der Waals surface area (Å²) in [4.78, 5) is 8.89. The molecule has 29 heavy (non-hydrogen) atoms. The lowest BCUT2D eigenvalue weighted by Gasteiger charge is -2.20. The number of benzene rings is 2. The zero-order valence-corrected chi connectivity index (χ0v) is 17.3. The summed E-state index contributed by atoms with van der Waals surface area (Å²) in [6.07, 6.45) is 9.06. The topological polar surface area (TPSA) is 25.8 Å². The molecule has 0 N–H and O–H groups in total. The zero-order valence-electron chi connectivity index (χ0n) is 17.3. The lowest BCUT2D eigenvalue weighted by Crippen LogP contribution is -2.12. The highest BCUT2D eigenvalue weighted by molar-refractivity contribution is 5.32. The highest BCUT2D eigenvalue weighted by Crippen LogP contribution is 2.31. The van der Waals surface area contributed by atoms with Gasteiger partial charge in [-0.05, 0) is 42.4 Å². The molecule has 3 heteroatoms. The molecule has 0 amide bonds. The highest BCUT2D eigenvalue weighted by atomic mass is 19.1. The van der Waals surface area contributed by atoms with Gasteiger partial charge >= 0.3 is 0 Å². The maximum absolute atomic E-state index is 14.9. The van der Waals surface area contributed by atoms with Crippen LogP contribution in [-0.2, 0) is 12.8 Å². The normalized spacial score (nSPS) is 12.2. The molecule has 0 aliphatic heterocycles. The number of halogens is 1. The standard InChI is InChI=1S/C26H31FN2/c1-2-3-6-11-21-19-28-26(29-20-21)17-16-24(27)18-25(22-12-7-4-8-13-22)23-14-9-5-10-15-23/h4-5,7-10,12-15,19-20,24-25H,2-3,6,11,16-18H2,1H3. The third-order valence-corrected chi connectivity index (χ3v) is 5.40. The van der Waals surface area contributed by atoms with Crippen LogP contribution in [0.15, 0.2) is 73.1 Å². The van der Waals surface area contributed by atoms with Gasteiger partial charge in [0.25, 0.3) is 0 Å². The first-order valence-electron chi connectivity index (χ1n) is 10.8. The number of hydrogen-bond donors (Lipinski definition) is 0. The molecule has 1 aromatic heterocycles. The van der Waals surface area contributed by atoms with Crippen LogP contribution < -0.4 is 0 Å². The van der Waals surface area contributed by atoms with Gasteiger partial charge in [-0.15, -0.1) is 0 Å².